The van der Waals surface area contributed by atoms with Gasteiger partial charge in [0.2, 0.25) is 5.79 Å². The molecule has 0 fully saturated rings. The standard InChI is InChI=1S/C16H19BrO3/c1-11(17)16(19-3,20-4)14-7-5-13-10-15(18-2)8-6-12(13)9-14/h5-11H,1-4H3/t11-/m0/s1. The van der Waals surface area contributed by atoms with Gasteiger partial charge in [0.25, 0.3) is 0 Å². The highest BCUT2D eigenvalue weighted by Crippen LogP contribution is 2.36. The number of halogens is 1. The van der Waals surface area contributed by atoms with Crippen LogP contribution in [0.5, 0.6) is 5.75 Å². The third-order valence-corrected chi connectivity index (χ3v) is 4.18. The van der Waals surface area contributed by atoms with Gasteiger partial charge in [-0.1, -0.05) is 34.1 Å². The number of benzene rings is 2. The Morgan fingerprint density at radius 1 is 0.950 bits per heavy atom. The SMILES string of the molecule is COc1ccc2cc(C(OC)(OC)[C@H](C)Br)ccc2c1. The van der Waals surface area contributed by atoms with Gasteiger partial charge in [0.15, 0.2) is 0 Å². The molecule has 0 aliphatic heterocycles. The Bertz CT molecular complexity index is 591. The Labute approximate surface area is 128 Å². The summed E-state index contributed by atoms with van der Waals surface area (Å²) in [5.41, 5.74) is 0.976. The number of hydrogen-bond donors (Lipinski definition) is 0. The van der Waals surface area contributed by atoms with Crippen molar-refractivity contribution in [1.82, 2.24) is 0 Å². The van der Waals surface area contributed by atoms with Gasteiger partial charge in [-0.15, -0.1) is 0 Å². The quantitative estimate of drug-likeness (QED) is 0.607. The fourth-order valence-corrected chi connectivity index (χ4v) is 3.08. The Kier molecular flexibility index (Phi) is 4.68. The molecule has 0 bridgehead atoms. The number of ether oxygens (including phenoxy) is 3. The zero-order valence-corrected chi connectivity index (χ0v) is 13.7. The first-order valence-electron chi connectivity index (χ1n) is 6.40. The minimum absolute atomic E-state index is 0.0145. The van der Waals surface area contributed by atoms with Gasteiger partial charge in [-0.25, -0.2) is 0 Å². The van der Waals surface area contributed by atoms with Crippen molar-refractivity contribution in [2.45, 2.75) is 17.5 Å². The van der Waals surface area contributed by atoms with Gasteiger partial charge >= 0.3 is 0 Å². The molecular formula is C16H19BrO3. The molecule has 1 atom stereocenters. The molecule has 4 heteroatoms. The van der Waals surface area contributed by atoms with Crippen LogP contribution >= 0.6 is 15.9 Å². The molecule has 0 aliphatic carbocycles. The highest BCUT2D eigenvalue weighted by molar-refractivity contribution is 9.09. The van der Waals surface area contributed by atoms with Crippen LogP contribution < -0.4 is 4.74 Å². The van der Waals surface area contributed by atoms with Crippen molar-refractivity contribution in [2.75, 3.05) is 21.3 Å². The second-order valence-corrected chi connectivity index (χ2v) is 5.99. The monoisotopic (exact) mass is 338 g/mol. The average molecular weight is 339 g/mol. The minimum Gasteiger partial charge on any atom is -0.497 e. The van der Waals surface area contributed by atoms with E-state index in [1.54, 1.807) is 21.3 Å². The Morgan fingerprint density at radius 3 is 2.10 bits per heavy atom. The molecule has 0 unspecified atom stereocenters. The molecule has 0 N–H and O–H groups in total. The summed E-state index contributed by atoms with van der Waals surface area (Å²) in [4.78, 5) is 0.0145. The lowest BCUT2D eigenvalue weighted by atomic mass is 9.99. The molecule has 0 spiro atoms. The van der Waals surface area contributed by atoms with Crippen LogP contribution in [0.25, 0.3) is 10.8 Å². The topological polar surface area (TPSA) is 27.7 Å². The fourth-order valence-electron chi connectivity index (χ4n) is 2.44. The number of fused-ring (bicyclic) bond motifs is 1. The van der Waals surface area contributed by atoms with E-state index >= 15 is 0 Å². The normalized spacial score (nSPS) is 13.4. The average Bonchev–Trinajstić information content (AvgIpc) is 2.48. The van der Waals surface area contributed by atoms with Crippen LogP contribution in [0.2, 0.25) is 0 Å². The van der Waals surface area contributed by atoms with Gasteiger partial charge in [0.05, 0.1) is 11.9 Å². The zero-order valence-electron chi connectivity index (χ0n) is 12.1. The Hall–Kier alpha value is -1.10. The maximum absolute atomic E-state index is 5.63. The first kappa shape index (κ1) is 15.3. The maximum atomic E-state index is 5.63. The van der Waals surface area contributed by atoms with Crippen molar-refractivity contribution in [1.29, 1.82) is 0 Å². The highest BCUT2D eigenvalue weighted by Gasteiger charge is 2.37. The number of alkyl halides is 1. The van der Waals surface area contributed by atoms with E-state index in [4.69, 9.17) is 14.2 Å². The molecule has 0 saturated carbocycles. The van der Waals surface area contributed by atoms with E-state index in [0.29, 0.717) is 0 Å². The molecule has 20 heavy (non-hydrogen) atoms. The second-order valence-electron chi connectivity index (χ2n) is 4.62. The summed E-state index contributed by atoms with van der Waals surface area (Å²) in [5, 5.41) is 2.24. The molecule has 2 aromatic rings. The molecule has 0 radical (unpaired) electrons. The van der Waals surface area contributed by atoms with Gasteiger partial charge in [0.1, 0.15) is 5.75 Å². The van der Waals surface area contributed by atoms with E-state index in [9.17, 15) is 0 Å². The van der Waals surface area contributed by atoms with E-state index in [0.717, 1.165) is 22.1 Å². The van der Waals surface area contributed by atoms with Crippen LogP contribution in [-0.2, 0) is 15.3 Å². The van der Waals surface area contributed by atoms with Crippen molar-refractivity contribution in [3.05, 3.63) is 42.0 Å². The lowest BCUT2D eigenvalue weighted by molar-refractivity contribution is -0.211. The van der Waals surface area contributed by atoms with Gasteiger partial charge in [-0.05, 0) is 35.9 Å². The van der Waals surface area contributed by atoms with Crippen molar-refractivity contribution < 1.29 is 14.2 Å². The van der Waals surface area contributed by atoms with Crippen molar-refractivity contribution in [2.24, 2.45) is 0 Å². The lowest BCUT2D eigenvalue weighted by Crippen LogP contribution is -2.38. The number of methoxy groups -OCH3 is 3. The molecule has 108 valence electrons. The van der Waals surface area contributed by atoms with Crippen LogP contribution in [0.1, 0.15) is 12.5 Å². The maximum Gasteiger partial charge on any atom is 0.206 e. The molecule has 3 nitrogen and oxygen atoms in total. The van der Waals surface area contributed by atoms with E-state index in [2.05, 4.69) is 28.1 Å². The predicted octanol–water partition coefficient (Wildman–Crippen LogP) is 4.08. The van der Waals surface area contributed by atoms with Crippen LogP contribution in [-0.4, -0.2) is 26.2 Å². The van der Waals surface area contributed by atoms with Crippen LogP contribution in [0.15, 0.2) is 36.4 Å². The van der Waals surface area contributed by atoms with E-state index in [1.165, 1.54) is 0 Å². The summed E-state index contributed by atoms with van der Waals surface area (Å²) >= 11 is 3.57. The van der Waals surface area contributed by atoms with Gasteiger partial charge in [-0.2, -0.15) is 0 Å². The number of rotatable bonds is 5. The first-order valence-corrected chi connectivity index (χ1v) is 7.31. The third kappa shape index (κ3) is 2.55. The third-order valence-electron chi connectivity index (χ3n) is 3.58. The van der Waals surface area contributed by atoms with Gasteiger partial charge in [0, 0.05) is 19.8 Å². The summed E-state index contributed by atoms with van der Waals surface area (Å²) in [5.74, 6) is 0.0533. The van der Waals surface area contributed by atoms with Gasteiger partial charge in [-0.3, -0.25) is 0 Å². The summed E-state index contributed by atoms with van der Waals surface area (Å²) in [7, 11) is 4.97. The Balaban J connectivity index is 2.55. The molecule has 0 aliphatic rings. The smallest absolute Gasteiger partial charge is 0.206 e. The van der Waals surface area contributed by atoms with Crippen LogP contribution in [0.4, 0.5) is 0 Å². The van der Waals surface area contributed by atoms with Crippen molar-refractivity contribution in [3.8, 4) is 5.75 Å². The van der Waals surface area contributed by atoms with Crippen molar-refractivity contribution in [3.63, 3.8) is 0 Å². The molecule has 0 heterocycles. The van der Waals surface area contributed by atoms with E-state index in [-0.39, 0.29) is 4.83 Å². The summed E-state index contributed by atoms with van der Waals surface area (Å²) in [6.45, 7) is 2.01. The highest BCUT2D eigenvalue weighted by atomic mass is 79.9. The van der Waals surface area contributed by atoms with Crippen molar-refractivity contribution >= 4 is 26.7 Å². The molecule has 0 aromatic heterocycles. The summed E-state index contributed by atoms with van der Waals surface area (Å²) in [6.07, 6.45) is 0. The Morgan fingerprint density at radius 2 is 1.55 bits per heavy atom. The molecule has 0 saturated heterocycles. The molecule has 2 aromatic carbocycles. The second kappa shape index (κ2) is 6.12. The first-order chi connectivity index (χ1) is 9.57. The lowest BCUT2D eigenvalue weighted by Gasteiger charge is -2.34. The molecular weight excluding hydrogens is 320 g/mol. The fraction of sp³-hybridized carbons (Fsp3) is 0.375. The largest absolute Gasteiger partial charge is 0.497 e. The van der Waals surface area contributed by atoms with E-state index < -0.39 is 5.79 Å². The van der Waals surface area contributed by atoms with Crippen LogP contribution in [0.3, 0.4) is 0 Å². The number of hydrogen-bond acceptors (Lipinski definition) is 3. The summed E-state index contributed by atoms with van der Waals surface area (Å²) < 4.78 is 16.5. The molecule has 0 amide bonds. The minimum atomic E-state index is -0.798. The predicted molar refractivity (Wildman–Crippen MR) is 84.6 cm³/mol. The van der Waals surface area contributed by atoms with Gasteiger partial charge < -0.3 is 14.2 Å². The zero-order chi connectivity index (χ0) is 14.8. The van der Waals surface area contributed by atoms with Crippen LogP contribution in [0, 0.1) is 0 Å². The molecule has 2 rings (SSSR count). The van der Waals surface area contributed by atoms with E-state index in [1.807, 2.05) is 31.2 Å². The summed E-state index contributed by atoms with van der Waals surface area (Å²) in [6, 6.07) is 12.1.